The van der Waals surface area contributed by atoms with Gasteiger partial charge in [-0.1, -0.05) is 13.8 Å². The van der Waals surface area contributed by atoms with Gasteiger partial charge in [-0.05, 0) is 6.92 Å². The highest BCUT2D eigenvalue weighted by Crippen LogP contribution is 2.09. The highest BCUT2D eigenvalue weighted by molar-refractivity contribution is 5.17. The largest absolute Gasteiger partial charge is 0.310 e. The Bertz CT molecular complexity index is 509. The normalized spacial score (nSPS) is 11.4. The first-order valence-corrected chi connectivity index (χ1v) is 6.28. The molecule has 0 atom stereocenters. The Balaban J connectivity index is 2.06. The number of hydrogen-bond acceptors (Lipinski definition) is 3. The molecule has 5 nitrogen and oxygen atoms in total. The molecule has 0 saturated carbocycles. The first-order valence-electron chi connectivity index (χ1n) is 6.28. The molecular formula is C13H21N5. The minimum absolute atomic E-state index is 0.492. The van der Waals surface area contributed by atoms with Crippen LogP contribution in [0.5, 0.6) is 0 Å². The van der Waals surface area contributed by atoms with E-state index in [1.165, 1.54) is 16.8 Å². The Labute approximate surface area is 108 Å². The zero-order chi connectivity index (χ0) is 13.1. The van der Waals surface area contributed by atoms with Crippen molar-refractivity contribution in [2.24, 2.45) is 7.05 Å². The van der Waals surface area contributed by atoms with Gasteiger partial charge < -0.3 is 5.32 Å². The van der Waals surface area contributed by atoms with Crippen molar-refractivity contribution in [2.75, 3.05) is 0 Å². The van der Waals surface area contributed by atoms with E-state index >= 15 is 0 Å². The first-order chi connectivity index (χ1) is 8.56. The lowest BCUT2D eigenvalue weighted by Gasteiger charge is -2.08. The molecule has 1 N–H and O–H groups in total. The molecule has 0 aliphatic rings. The number of aryl methyl sites for hydroxylation is 1. The molecule has 0 fully saturated rings. The van der Waals surface area contributed by atoms with E-state index in [9.17, 15) is 0 Å². The predicted octanol–water partition coefficient (Wildman–Crippen LogP) is 1.47. The Kier molecular flexibility index (Phi) is 3.81. The maximum absolute atomic E-state index is 4.44. The number of nitrogens with zero attached hydrogens (tertiary/aromatic N) is 4. The molecule has 18 heavy (non-hydrogen) atoms. The summed E-state index contributed by atoms with van der Waals surface area (Å²) in [5.74, 6) is 0. The van der Waals surface area contributed by atoms with Crippen molar-refractivity contribution < 1.29 is 0 Å². The molecule has 0 amide bonds. The highest BCUT2D eigenvalue weighted by atomic mass is 15.3. The average molecular weight is 247 g/mol. The van der Waals surface area contributed by atoms with Gasteiger partial charge in [-0.15, -0.1) is 0 Å². The topological polar surface area (TPSA) is 47.7 Å². The lowest BCUT2D eigenvalue weighted by molar-refractivity contribution is 0.585. The van der Waals surface area contributed by atoms with Crippen LogP contribution in [0.4, 0.5) is 0 Å². The molecule has 0 aliphatic heterocycles. The van der Waals surface area contributed by atoms with Crippen LogP contribution in [0.1, 0.15) is 30.7 Å². The predicted molar refractivity (Wildman–Crippen MR) is 71.2 cm³/mol. The third-order valence-electron chi connectivity index (χ3n) is 3.00. The second-order valence-electron chi connectivity index (χ2n) is 4.97. The number of rotatable bonds is 5. The Morgan fingerprint density at radius 3 is 2.67 bits per heavy atom. The number of hydrogen-bond donors (Lipinski definition) is 1. The summed E-state index contributed by atoms with van der Waals surface area (Å²) in [5, 5.41) is 12.0. The summed E-state index contributed by atoms with van der Waals surface area (Å²) in [6.45, 7) is 8.06. The monoisotopic (exact) mass is 247 g/mol. The summed E-state index contributed by atoms with van der Waals surface area (Å²) in [6.07, 6.45) is 5.85. The van der Waals surface area contributed by atoms with Crippen molar-refractivity contribution in [3.63, 3.8) is 0 Å². The van der Waals surface area contributed by atoms with Crippen LogP contribution < -0.4 is 5.32 Å². The van der Waals surface area contributed by atoms with Crippen LogP contribution in [0, 0.1) is 6.92 Å². The average Bonchev–Trinajstić information content (AvgIpc) is 2.86. The van der Waals surface area contributed by atoms with Gasteiger partial charge in [0.2, 0.25) is 0 Å². The van der Waals surface area contributed by atoms with Gasteiger partial charge in [0, 0.05) is 42.7 Å². The molecule has 0 radical (unpaired) electrons. The summed E-state index contributed by atoms with van der Waals surface area (Å²) in [4.78, 5) is 0. The molecule has 0 bridgehead atoms. The fraction of sp³-hybridized carbons (Fsp3) is 0.538. The zero-order valence-electron chi connectivity index (χ0n) is 11.5. The van der Waals surface area contributed by atoms with Gasteiger partial charge in [-0.2, -0.15) is 10.2 Å². The van der Waals surface area contributed by atoms with Crippen molar-refractivity contribution in [1.82, 2.24) is 24.9 Å². The molecule has 98 valence electrons. The number of nitrogens with one attached hydrogen (secondary N) is 1. The Morgan fingerprint density at radius 1 is 1.28 bits per heavy atom. The minimum Gasteiger partial charge on any atom is -0.310 e. The molecule has 2 aromatic rings. The van der Waals surface area contributed by atoms with Crippen molar-refractivity contribution in [1.29, 1.82) is 0 Å². The molecular weight excluding hydrogens is 226 g/mol. The molecule has 0 unspecified atom stereocenters. The van der Waals surface area contributed by atoms with Crippen LogP contribution >= 0.6 is 0 Å². The van der Waals surface area contributed by atoms with E-state index in [0.717, 1.165) is 13.1 Å². The lowest BCUT2D eigenvalue weighted by Crippen LogP contribution is -2.22. The van der Waals surface area contributed by atoms with Crippen molar-refractivity contribution in [3.8, 4) is 0 Å². The van der Waals surface area contributed by atoms with Gasteiger partial charge in [0.05, 0.1) is 18.9 Å². The van der Waals surface area contributed by atoms with Gasteiger partial charge in [-0.3, -0.25) is 9.36 Å². The maximum atomic E-state index is 4.44. The van der Waals surface area contributed by atoms with Crippen LogP contribution in [0.15, 0.2) is 18.6 Å². The highest BCUT2D eigenvalue weighted by Gasteiger charge is 2.07. The van der Waals surface area contributed by atoms with Gasteiger partial charge in [0.1, 0.15) is 0 Å². The first kappa shape index (κ1) is 12.8. The smallest absolute Gasteiger partial charge is 0.0693 e. The summed E-state index contributed by atoms with van der Waals surface area (Å²) in [5.41, 5.74) is 3.65. The quantitative estimate of drug-likeness (QED) is 0.870. The van der Waals surface area contributed by atoms with Crippen molar-refractivity contribution in [3.05, 3.63) is 35.4 Å². The van der Waals surface area contributed by atoms with Gasteiger partial charge in [-0.25, -0.2) is 0 Å². The van der Waals surface area contributed by atoms with Crippen LogP contribution in [-0.2, 0) is 20.1 Å². The molecule has 2 heterocycles. The Hall–Kier alpha value is -1.62. The van der Waals surface area contributed by atoms with Crippen molar-refractivity contribution >= 4 is 0 Å². The summed E-state index contributed by atoms with van der Waals surface area (Å²) >= 11 is 0. The molecule has 0 saturated heterocycles. The SMILES string of the molecule is Cc1c(CNC(C)C)cnn1Cc1cnn(C)c1. The van der Waals surface area contributed by atoms with E-state index in [2.05, 4.69) is 36.3 Å². The van der Waals surface area contributed by atoms with Gasteiger partial charge in [0.15, 0.2) is 0 Å². The third-order valence-corrected chi connectivity index (χ3v) is 3.00. The van der Waals surface area contributed by atoms with Crippen LogP contribution in [-0.4, -0.2) is 25.6 Å². The summed E-state index contributed by atoms with van der Waals surface area (Å²) in [7, 11) is 1.93. The second-order valence-corrected chi connectivity index (χ2v) is 4.97. The summed E-state index contributed by atoms with van der Waals surface area (Å²) in [6, 6.07) is 0.492. The standard InChI is InChI=1S/C13H21N5/c1-10(2)14-6-13-7-16-18(11(13)3)9-12-5-15-17(4)8-12/h5,7-8,10,14H,6,9H2,1-4H3. The van der Waals surface area contributed by atoms with E-state index in [-0.39, 0.29) is 0 Å². The molecule has 0 aromatic carbocycles. The molecule has 2 rings (SSSR count). The van der Waals surface area contributed by atoms with E-state index in [1.807, 2.05) is 35.0 Å². The molecule has 0 aliphatic carbocycles. The molecule has 5 heteroatoms. The third kappa shape index (κ3) is 2.98. The second kappa shape index (κ2) is 5.35. The molecule has 2 aromatic heterocycles. The van der Waals surface area contributed by atoms with Crippen LogP contribution in [0.3, 0.4) is 0 Å². The van der Waals surface area contributed by atoms with Gasteiger partial charge in [0.25, 0.3) is 0 Å². The fourth-order valence-corrected chi connectivity index (χ4v) is 1.86. The molecule has 0 spiro atoms. The number of aromatic nitrogens is 4. The fourth-order valence-electron chi connectivity index (χ4n) is 1.86. The van der Waals surface area contributed by atoms with E-state index in [4.69, 9.17) is 0 Å². The van der Waals surface area contributed by atoms with E-state index < -0.39 is 0 Å². The minimum atomic E-state index is 0.492. The van der Waals surface area contributed by atoms with Crippen LogP contribution in [0.2, 0.25) is 0 Å². The lowest BCUT2D eigenvalue weighted by atomic mass is 10.2. The maximum Gasteiger partial charge on any atom is 0.0693 e. The van der Waals surface area contributed by atoms with E-state index in [0.29, 0.717) is 6.04 Å². The van der Waals surface area contributed by atoms with Crippen molar-refractivity contribution in [2.45, 2.75) is 39.9 Å². The summed E-state index contributed by atoms with van der Waals surface area (Å²) < 4.78 is 3.84. The van der Waals surface area contributed by atoms with Crippen LogP contribution in [0.25, 0.3) is 0 Å². The van der Waals surface area contributed by atoms with Gasteiger partial charge >= 0.3 is 0 Å². The zero-order valence-corrected chi connectivity index (χ0v) is 11.5. The van der Waals surface area contributed by atoms with E-state index in [1.54, 1.807) is 0 Å². The Morgan fingerprint density at radius 2 is 2.06 bits per heavy atom.